The summed E-state index contributed by atoms with van der Waals surface area (Å²) in [6.45, 7) is 1.73. The Morgan fingerprint density at radius 3 is 2.71 bits per heavy atom. The zero-order valence-corrected chi connectivity index (χ0v) is 11.3. The molecular formula is C15H14FNO4. The van der Waals surface area contributed by atoms with E-state index in [1.165, 1.54) is 6.07 Å². The Hall–Kier alpha value is -2.47. The number of rotatable bonds is 5. The lowest BCUT2D eigenvalue weighted by atomic mass is 10.1. The van der Waals surface area contributed by atoms with Crippen molar-refractivity contribution in [2.45, 2.75) is 19.6 Å². The van der Waals surface area contributed by atoms with Crippen molar-refractivity contribution in [2.75, 3.05) is 0 Å². The molecule has 0 fully saturated rings. The highest BCUT2D eigenvalue weighted by Gasteiger charge is 2.13. The Balaban J connectivity index is 2.08. The second-order valence-electron chi connectivity index (χ2n) is 4.58. The number of aliphatic hydroxyl groups excluding tert-OH is 1. The summed E-state index contributed by atoms with van der Waals surface area (Å²) in [6, 6.07) is 10.5. The van der Waals surface area contributed by atoms with Gasteiger partial charge in [0.25, 0.3) is 0 Å². The molecule has 1 atom stereocenters. The van der Waals surface area contributed by atoms with Gasteiger partial charge in [0.15, 0.2) is 0 Å². The summed E-state index contributed by atoms with van der Waals surface area (Å²) in [6.07, 6.45) is -0.606. The standard InChI is InChI=1S/C15H14FNO4/c1-10(18)12-3-2-4-13(8-12)21-9-11-5-6-15(17(19)20)14(16)7-11/h2-8,10,18H,9H2,1H3. The first-order chi connectivity index (χ1) is 9.97. The van der Waals surface area contributed by atoms with Crippen molar-refractivity contribution in [3.8, 4) is 5.75 Å². The van der Waals surface area contributed by atoms with Crippen molar-refractivity contribution in [1.29, 1.82) is 0 Å². The van der Waals surface area contributed by atoms with Gasteiger partial charge in [-0.15, -0.1) is 0 Å². The number of ether oxygens (including phenoxy) is 1. The van der Waals surface area contributed by atoms with Crippen LogP contribution in [-0.4, -0.2) is 10.0 Å². The molecule has 0 radical (unpaired) electrons. The summed E-state index contributed by atoms with van der Waals surface area (Å²) in [7, 11) is 0. The molecule has 0 aliphatic heterocycles. The summed E-state index contributed by atoms with van der Waals surface area (Å²) in [4.78, 5) is 9.75. The van der Waals surface area contributed by atoms with Crippen molar-refractivity contribution >= 4 is 5.69 Å². The minimum absolute atomic E-state index is 0.0815. The topological polar surface area (TPSA) is 72.6 Å². The average Bonchev–Trinajstić information content (AvgIpc) is 2.45. The summed E-state index contributed by atoms with van der Waals surface area (Å²) >= 11 is 0. The lowest BCUT2D eigenvalue weighted by Crippen LogP contribution is -1.99. The summed E-state index contributed by atoms with van der Waals surface area (Å²) in [5.74, 6) is -0.356. The number of benzene rings is 2. The van der Waals surface area contributed by atoms with Gasteiger partial charge in [0.2, 0.25) is 5.82 Å². The van der Waals surface area contributed by atoms with Crippen molar-refractivity contribution in [3.05, 3.63) is 69.5 Å². The van der Waals surface area contributed by atoms with Gasteiger partial charge in [0.05, 0.1) is 11.0 Å². The van der Waals surface area contributed by atoms with Crippen LogP contribution in [0.25, 0.3) is 0 Å². The van der Waals surface area contributed by atoms with E-state index >= 15 is 0 Å². The van der Waals surface area contributed by atoms with E-state index in [4.69, 9.17) is 4.74 Å². The third kappa shape index (κ3) is 3.76. The van der Waals surface area contributed by atoms with E-state index in [-0.39, 0.29) is 6.61 Å². The van der Waals surface area contributed by atoms with Crippen LogP contribution in [0.1, 0.15) is 24.2 Å². The van der Waals surface area contributed by atoms with Gasteiger partial charge in [-0.05, 0) is 42.3 Å². The molecule has 0 heterocycles. The van der Waals surface area contributed by atoms with Crippen molar-refractivity contribution in [2.24, 2.45) is 0 Å². The Kier molecular flexibility index (Phi) is 4.49. The maximum absolute atomic E-state index is 13.5. The van der Waals surface area contributed by atoms with Crippen LogP contribution >= 0.6 is 0 Å². The smallest absolute Gasteiger partial charge is 0.304 e. The highest BCUT2D eigenvalue weighted by Crippen LogP contribution is 2.21. The fourth-order valence-corrected chi connectivity index (χ4v) is 1.82. The van der Waals surface area contributed by atoms with Gasteiger partial charge < -0.3 is 9.84 Å². The van der Waals surface area contributed by atoms with Gasteiger partial charge >= 0.3 is 5.69 Å². The molecule has 0 aliphatic rings. The number of halogens is 1. The average molecular weight is 291 g/mol. The third-order valence-electron chi connectivity index (χ3n) is 2.95. The molecule has 0 bridgehead atoms. The first-order valence-electron chi connectivity index (χ1n) is 6.31. The number of nitrogens with zero attached hydrogens (tertiary/aromatic N) is 1. The van der Waals surface area contributed by atoms with Crippen LogP contribution in [0.15, 0.2) is 42.5 Å². The minimum atomic E-state index is -0.890. The maximum atomic E-state index is 13.5. The molecule has 0 amide bonds. The SMILES string of the molecule is CC(O)c1cccc(OCc2ccc([N+](=O)[O-])c(F)c2)c1. The Morgan fingerprint density at radius 1 is 1.33 bits per heavy atom. The van der Waals surface area contributed by atoms with E-state index in [9.17, 15) is 19.6 Å². The lowest BCUT2D eigenvalue weighted by Gasteiger charge is -2.09. The van der Waals surface area contributed by atoms with E-state index in [0.717, 1.165) is 12.1 Å². The van der Waals surface area contributed by atoms with Gasteiger partial charge in [-0.3, -0.25) is 10.1 Å². The van der Waals surface area contributed by atoms with Crippen LogP contribution in [0.2, 0.25) is 0 Å². The molecule has 110 valence electrons. The van der Waals surface area contributed by atoms with E-state index in [2.05, 4.69) is 0 Å². The number of aliphatic hydroxyl groups is 1. The second kappa shape index (κ2) is 6.32. The van der Waals surface area contributed by atoms with Crippen LogP contribution in [0.5, 0.6) is 5.75 Å². The van der Waals surface area contributed by atoms with E-state index in [0.29, 0.717) is 16.9 Å². The highest BCUT2D eigenvalue weighted by atomic mass is 19.1. The number of nitro groups is 1. The first-order valence-corrected chi connectivity index (χ1v) is 6.31. The molecule has 1 N–H and O–H groups in total. The molecule has 1 unspecified atom stereocenters. The van der Waals surface area contributed by atoms with Crippen molar-refractivity contribution < 1.29 is 19.2 Å². The largest absolute Gasteiger partial charge is 0.489 e. The van der Waals surface area contributed by atoms with Crippen LogP contribution in [0.4, 0.5) is 10.1 Å². The molecule has 2 aromatic carbocycles. The zero-order chi connectivity index (χ0) is 15.4. The van der Waals surface area contributed by atoms with Gasteiger partial charge in [-0.2, -0.15) is 4.39 Å². The Morgan fingerprint density at radius 2 is 2.10 bits per heavy atom. The molecule has 2 aromatic rings. The number of hydrogen-bond acceptors (Lipinski definition) is 4. The fraction of sp³-hybridized carbons (Fsp3) is 0.200. The number of hydrogen-bond donors (Lipinski definition) is 1. The maximum Gasteiger partial charge on any atom is 0.304 e. The van der Waals surface area contributed by atoms with Gasteiger partial charge in [-0.25, -0.2) is 0 Å². The van der Waals surface area contributed by atoms with Crippen LogP contribution in [0.3, 0.4) is 0 Å². The van der Waals surface area contributed by atoms with Gasteiger partial charge in [-0.1, -0.05) is 12.1 Å². The number of nitro benzene ring substituents is 1. The van der Waals surface area contributed by atoms with Gasteiger partial charge in [0.1, 0.15) is 12.4 Å². The normalized spacial score (nSPS) is 12.0. The molecule has 0 saturated heterocycles. The predicted molar refractivity (Wildman–Crippen MR) is 74.5 cm³/mol. The molecular weight excluding hydrogens is 277 g/mol. The lowest BCUT2D eigenvalue weighted by molar-refractivity contribution is -0.387. The van der Waals surface area contributed by atoms with E-state index in [1.807, 2.05) is 0 Å². The van der Waals surface area contributed by atoms with Crippen molar-refractivity contribution in [1.82, 2.24) is 0 Å². The third-order valence-corrected chi connectivity index (χ3v) is 2.95. The molecule has 0 aromatic heterocycles. The van der Waals surface area contributed by atoms with E-state index in [1.54, 1.807) is 31.2 Å². The molecule has 0 spiro atoms. The molecule has 21 heavy (non-hydrogen) atoms. The molecule has 6 heteroatoms. The highest BCUT2D eigenvalue weighted by molar-refractivity contribution is 5.35. The molecule has 2 rings (SSSR count). The zero-order valence-electron chi connectivity index (χ0n) is 11.3. The Labute approximate surface area is 120 Å². The summed E-state index contributed by atoms with van der Waals surface area (Å²) < 4.78 is 19.0. The van der Waals surface area contributed by atoms with Crippen LogP contribution < -0.4 is 4.74 Å². The molecule has 0 saturated carbocycles. The minimum Gasteiger partial charge on any atom is -0.489 e. The van der Waals surface area contributed by atoms with Crippen LogP contribution in [0, 0.1) is 15.9 Å². The Bertz CT molecular complexity index is 658. The van der Waals surface area contributed by atoms with Gasteiger partial charge in [0, 0.05) is 6.07 Å². The monoisotopic (exact) mass is 291 g/mol. The summed E-state index contributed by atoms with van der Waals surface area (Å²) in [5.41, 5.74) is 0.637. The predicted octanol–water partition coefficient (Wildman–Crippen LogP) is 3.37. The molecule has 0 aliphatic carbocycles. The second-order valence-corrected chi connectivity index (χ2v) is 4.58. The van der Waals surface area contributed by atoms with Crippen molar-refractivity contribution in [3.63, 3.8) is 0 Å². The summed E-state index contributed by atoms with van der Waals surface area (Å²) in [5, 5.41) is 20.0. The van der Waals surface area contributed by atoms with E-state index < -0.39 is 22.5 Å². The quantitative estimate of drug-likeness (QED) is 0.677. The fourth-order valence-electron chi connectivity index (χ4n) is 1.82. The first kappa shape index (κ1) is 14.9. The molecule has 5 nitrogen and oxygen atoms in total. The van der Waals surface area contributed by atoms with Crippen LogP contribution in [-0.2, 0) is 6.61 Å².